The minimum atomic E-state index is -4.57. The molecule has 0 radical (unpaired) electrons. The zero-order chi connectivity index (χ0) is 31.5. The van der Waals surface area contributed by atoms with E-state index in [-0.39, 0.29) is 44.5 Å². The summed E-state index contributed by atoms with van der Waals surface area (Å²) in [7, 11) is -3.08. The van der Waals surface area contributed by atoms with Crippen LogP contribution in [0.1, 0.15) is 17.7 Å². The molecule has 236 valence electrons. The Morgan fingerprint density at radius 3 is 2.70 bits per heavy atom. The molecule has 1 atom stereocenters. The quantitative estimate of drug-likeness (QED) is 0.0806. The van der Waals surface area contributed by atoms with E-state index in [4.69, 9.17) is 19.3 Å². The van der Waals surface area contributed by atoms with Gasteiger partial charge in [0.1, 0.15) is 18.0 Å². The molecule has 1 unspecified atom stereocenters. The van der Waals surface area contributed by atoms with Crippen molar-refractivity contribution in [3.8, 4) is 11.5 Å². The van der Waals surface area contributed by atoms with Crippen molar-refractivity contribution in [2.45, 2.75) is 25.3 Å². The van der Waals surface area contributed by atoms with Crippen LogP contribution in [0.5, 0.6) is 11.5 Å². The molecular weight excluding hydrogens is 621 g/mol. The Hall–Kier alpha value is -3.79. The van der Waals surface area contributed by atoms with Crippen LogP contribution < -0.4 is 25.4 Å². The fourth-order valence-electron chi connectivity index (χ4n) is 4.13. The first kappa shape index (κ1) is 33.1. The summed E-state index contributed by atoms with van der Waals surface area (Å²) in [4.78, 5) is 43.6. The van der Waals surface area contributed by atoms with E-state index in [0.29, 0.717) is 50.3 Å². The number of rotatable bonds is 17. The zero-order valence-electron chi connectivity index (χ0n) is 23.5. The molecule has 0 bridgehead atoms. The van der Waals surface area contributed by atoms with Gasteiger partial charge in [-0.05, 0) is 37.1 Å². The second-order valence-corrected chi connectivity index (χ2v) is 11.7. The van der Waals surface area contributed by atoms with E-state index >= 15 is 0 Å². The second kappa shape index (κ2) is 15.8. The topological polar surface area (TPSA) is 177 Å². The van der Waals surface area contributed by atoms with Crippen molar-refractivity contribution < 1.29 is 41.9 Å². The van der Waals surface area contributed by atoms with E-state index in [1.54, 1.807) is 24.4 Å². The summed E-state index contributed by atoms with van der Waals surface area (Å²) in [5.41, 5.74) is 0.919. The largest absolute Gasteiger partial charge is 0.493 e. The van der Waals surface area contributed by atoms with Crippen LogP contribution in [-0.4, -0.2) is 70.2 Å². The number of alkyl halides is 1. The Morgan fingerprint density at radius 1 is 1.11 bits per heavy atom. The number of fused-ring (bicyclic) bond motifs is 1. The van der Waals surface area contributed by atoms with Crippen molar-refractivity contribution in [3.63, 3.8) is 0 Å². The Bertz CT molecular complexity index is 1610. The van der Waals surface area contributed by atoms with Gasteiger partial charge < -0.3 is 35.2 Å². The summed E-state index contributed by atoms with van der Waals surface area (Å²) < 4.78 is 53.1. The first-order chi connectivity index (χ1) is 21.1. The molecule has 4 rings (SSSR count). The predicted octanol–water partition coefficient (Wildman–Crippen LogP) is 4.35. The molecule has 2 aromatic heterocycles. The minimum Gasteiger partial charge on any atom is -0.493 e. The van der Waals surface area contributed by atoms with Gasteiger partial charge in [-0.3, -0.25) is 13.7 Å². The highest BCUT2D eigenvalue weighted by Gasteiger charge is 2.16. The van der Waals surface area contributed by atoms with Gasteiger partial charge in [0.05, 0.1) is 38.9 Å². The number of aromatic nitrogens is 3. The van der Waals surface area contributed by atoms with Crippen molar-refractivity contribution in [3.05, 3.63) is 59.6 Å². The number of thiazole rings is 1. The smallest absolute Gasteiger partial charge is 0.469 e. The van der Waals surface area contributed by atoms with Crippen LogP contribution in [0, 0.1) is 5.82 Å². The first-order valence-corrected chi connectivity index (χ1v) is 15.7. The number of nitrogens with one attached hydrogen (secondary N) is 3. The molecule has 4 aromatic rings. The van der Waals surface area contributed by atoms with Gasteiger partial charge in [-0.15, -0.1) is 11.3 Å². The van der Waals surface area contributed by atoms with Gasteiger partial charge in [-0.2, -0.15) is 0 Å². The zero-order valence-corrected chi connectivity index (χ0v) is 25.2. The lowest BCUT2D eigenvalue weighted by molar-refractivity contribution is -0.115. The molecular formula is C27H31F2N6O7PS. The number of methoxy groups -OCH3 is 1. The number of ether oxygens (including phenoxy) is 2. The number of amides is 1. The maximum absolute atomic E-state index is 13.4. The third kappa shape index (κ3) is 10.1. The van der Waals surface area contributed by atoms with E-state index < -0.39 is 20.3 Å². The van der Waals surface area contributed by atoms with Gasteiger partial charge >= 0.3 is 7.82 Å². The number of phosphoric ester groups is 1. The minimum absolute atomic E-state index is 0.0534. The highest BCUT2D eigenvalue weighted by atomic mass is 32.1. The Morgan fingerprint density at radius 2 is 1.95 bits per heavy atom. The van der Waals surface area contributed by atoms with Crippen LogP contribution in [0.15, 0.2) is 48.9 Å². The van der Waals surface area contributed by atoms with Gasteiger partial charge in [0.15, 0.2) is 16.6 Å². The van der Waals surface area contributed by atoms with Crippen LogP contribution in [0.25, 0.3) is 10.9 Å². The van der Waals surface area contributed by atoms with Crippen LogP contribution in [0.4, 0.5) is 25.4 Å². The number of nitrogens with zero attached hydrogens (tertiary/aromatic N) is 3. The van der Waals surface area contributed by atoms with Crippen LogP contribution in [0.3, 0.4) is 0 Å². The lowest BCUT2D eigenvalue weighted by Crippen LogP contribution is -2.33. The van der Waals surface area contributed by atoms with Crippen molar-refractivity contribution in [2.24, 2.45) is 0 Å². The van der Waals surface area contributed by atoms with Crippen molar-refractivity contribution in [1.82, 2.24) is 20.3 Å². The Labute approximate surface area is 255 Å². The predicted molar refractivity (Wildman–Crippen MR) is 161 cm³/mol. The highest BCUT2D eigenvalue weighted by Crippen LogP contribution is 2.36. The summed E-state index contributed by atoms with van der Waals surface area (Å²) in [6, 6.07) is 8.75. The van der Waals surface area contributed by atoms with E-state index in [1.807, 2.05) is 0 Å². The summed E-state index contributed by atoms with van der Waals surface area (Å²) in [6.45, 7) is -0.476. The fraction of sp³-hybridized carbons (Fsp3) is 0.333. The van der Waals surface area contributed by atoms with Crippen LogP contribution in [0.2, 0.25) is 0 Å². The lowest BCUT2D eigenvalue weighted by Gasteiger charge is -2.19. The molecule has 2 aromatic carbocycles. The van der Waals surface area contributed by atoms with Gasteiger partial charge in [0, 0.05) is 40.8 Å². The average Bonchev–Trinajstić information content (AvgIpc) is 3.40. The number of halogens is 2. The average molecular weight is 653 g/mol. The molecule has 17 heteroatoms. The van der Waals surface area contributed by atoms with Crippen LogP contribution in [-0.2, 0) is 20.3 Å². The number of anilines is 3. The summed E-state index contributed by atoms with van der Waals surface area (Å²) in [5, 5.41) is 9.93. The lowest BCUT2D eigenvalue weighted by atomic mass is 10.1. The summed E-state index contributed by atoms with van der Waals surface area (Å²) in [6.07, 6.45) is 3.60. The standard InChI is InChI=1S/C27H31F2N6O7PS/c1-40-23-13-21-22(14-24(23)41-9-6-18(5-7-28)30-8-10-42-43(37,38)39)32-16-33-26(21)35-27-31-15-20(44-27)12-25(36)34-19-4-2-3-17(29)11-19/h2-4,11,13-16,18,30H,5-10,12H2,1H3,(H,34,36)(H2,37,38,39)(H,31,32,33,35). The Kier molecular flexibility index (Phi) is 11.9. The molecule has 0 saturated carbocycles. The molecule has 0 aliphatic rings. The van der Waals surface area contributed by atoms with Gasteiger partial charge in [0.2, 0.25) is 5.91 Å². The summed E-state index contributed by atoms with van der Waals surface area (Å²) >= 11 is 1.26. The fourth-order valence-corrected chi connectivity index (χ4v) is 5.27. The van der Waals surface area contributed by atoms with Crippen LogP contribution >= 0.6 is 19.2 Å². The van der Waals surface area contributed by atoms with E-state index in [0.717, 1.165) is 0 Å². The summed E-state index contributed by atoms with van der Waals surface area (Å²) in [5.74, 6) is 0.523. The van der Waals surface area contributed by atoms with Gasteiger partial charge in [-0.1, -0.05) is 6.07 Å². The van der Waals surface area contributed by atoms with Gasteiger partial charge in [0.25, 0.3) is 0 Å². The van der Waals surface area contributed by atoms with Crippen molar-refractivity contribution >= 4 is 52.6 Å². The molecule has 0 fully saturated rings. The number of hydrogen-bond donors (Lipinski definition) is 5. The highest BCUT2D eigenvalue weighted by molar-refractivity contribution is 7.46. The molecule has 44 heavy (non-hydrogen) atoms. The maximum atomic E-state index is 13.4. The maximum Gasteiger partial charge on any atom is 0.469 e. The second-order valence-electron chi connectivity index (χ2n) is 9.32. The Balaban J connectivity index is 1.37. The molecule has 1 amide bonds. The number of carbonyl (C=O) groups excluding carboxylic acids is 1. The molecule has 5 N–H and O–H groups in total. The molecule has 0 saturated heterocycles. The molecule has 0 spiro atoms. The van der Waals surface area contributed by atoms with Gasteiger partial charge in [-0.25, -0.2) is 23.9 Å². The van der Waals surface area contributed by atoms with Crippen molar-refractivity contribution in [1.29, 1.82) is 0 Å². The van der Waals surface area contributed by atoms with Crippen molar-refractivity contribution in [2.75, 3.05) is 44.2 Å². The number of phosphoric acid groups is 1. The number of benzene rings is 2. The molecule has 13 nitrogen and oxygen atoms in total. The molecule has 0 aliphatic carbocycles. The number of hydrogen-bond acceptors (Lipinski definition) is 11. The normalized spacial score (nSPS) is 12.2. The van der Waals surface area contributed by atoms with E-state index in [9.17, 15) is 18.1 Å². The van der Waals surface area contributed by atoms with E-state index in [1.165, 1.54) is 43.0 Å². The SMILES string of the molecule is COc1cc2c(Nc3ncc(CC(=O)Nc4cccc(F)c4)s3)ncnc2cc1OCCC(CCF)NCCOP(=O)(O)O. The molecule has 0 aliphatic heterocycles. The third-order valence-corrected chi connectivity index (χ3v) is 7.55. The monoisotopic (exact) mass is 652 g/mol. The first-order valence-electron chi connectivity index (χ1n) is 13.4. The van der Waals surface area contributed by atoms with E-state index in [2.05, 4.69) is 35.4 Å². The number of carbonyl (C=O) groups is 1. The molecule has 2 heterocycles. The third-order valence-electron chi connectivity index (χ3n) is 6.12.